The van der Waals surface area contributed by atoms with Crippen molar-refractivity contribution >= 4 is 33.0 Å². The van der Waals surface area contributed by atoms with Gasteiger partial charge in [0.15, 0.2) is 0 Å². The zero-order valence-electron chi connectivity index (χ0n) is 17.2. The molecule has 0 aliphatic carbocycles. The van der Waals surface area contributed by atoms with Crippen LogP contribution in [0.4, 0.5) is 0 Å². The van der Waals surface area contributed by atoms with E-state index in [2.05, 4.69) is 10.5 Å². The molecule has 0 atom stereocenters. The topological polar surface area (TPSA) is 84.8 Å². The van der Waals surface area contributed by atoms with E-state index in [-0.39, 0.29) is 16.6 Å². The van der Waals surface area contributed by atoms with Crippen molar-refractivity contribution in [1.29, 1.82) is 0 Å². The summed E-state index contributed by atoms with van der Waals surface area (Å²) in [5.41, 5.74) is 4.55. The lowest BCUT2D eigenvalue weighted by atomic mass is 10.0. The van der Waals surface area contributed by atoms with Gasteiger partial charge < -0.3 is 4.18 Å². The highest BCUT2D eigenvalue weighted by molar-refractivity contribution is 7.87. The van der Waals surface area contributed by atoms with Crippen LogP contribution in [0.5, 0.6) is 5.75 Å². The summed E-state index contributed by atoms with van der Waals surface area (Å²) < 4.78 is 30.2. The van der Waals surface area contributed by atoms with Crippen LogP contribution in [0.3, 0.4) is 0 Å². The Hall–Kier alpha value is -3.97. The fourth-order valence-corrected chi connectivity index (χ4v) is 4.10. The minimum Gasteiger partial charge on any atom is -0.379 e. The first-order valence-electron chi connectivity index (χ1n) is 9.85. The van der Waals surface area contributed by atoms with Gasteiger partial charge in [-0.2, -0.15) is 13.5 Å². The lowest BCUT2D eigenvalue weighted by molar-refractivity contribution is 0.0957. The molecule has 1 N–H and O–H groups in total. The predicted molar refractivity (Wildman–Crippen MR) is 124 cm³/mol. The third-order valence-electron chi connectivity index (χ3n) is 4.79. The SMILES string of the molecule is Cc1ccc(S(=O)(=O)Oc2cccc(C=NNC(=O)c3cccc4ccccc34)c2)cc1. The number of nitrogens with zero attached hydrogens (tertiary/aromatic N) is 1. The number of rotatable bonds is 6. The first-order chi connectivity index (χ1) is 15.4. The fraction of sp³-hybridized carbons (Fsp3) is 0.0400. The lowest BCUT2D eigenvalue weighted by Gasteiger charge is -2.08. The van der Waals surface area contributed by atoms with Crippen LogP contribution < -0.4 is 9.61 Å². The summed E-state index contributed by atoms with van der Waals surface area (Å²) in [5.74, 6) is -0.192. The van der Waals surface area contributed by atoms with Crippen molar-refractivity contribution in [3.05, 3.63) is 108 Å². The number of carbonyl (C=O) groups excluding carboxylic acids is 1. The van der Waals surface area contributed by atoms with Gasteiger partial charge in [0.2, 0.25) is 0 Å². The van der Waals surface area contributed by atoms with Crippen molar-refractivity contribution in [1.82, 2.24) is 5.43 Å². The molecule has 0 radical (unpaired) electrons. The van der Waals surface area contributed by atoms with Gasteiger partial charge in [-0.05, 0) is 53.6 Å². The molecule has 0 aliphatic heterocycles. The number of hydrogen-bond donors (Lipinski definition) is 1. The van der Waals surface area contributed by atoms with Gasteiger partial charge >= 0.3 is 10.1 Å². The molecule has 4 aromatic rings. The first kappa shape index (κ1) is 21.3. The fourth-order valence-electron chi connectivity index (χ4n) is 3.18. The molecule has 0 unspecified atom stereocenters. The van der Waals surface area contributed by atoms with Crippen molar-refractivity contribution in [3.63, 3.8) is 0 Å². The molecular weight excluding hydrogens is 424 g/mol. The van der Waals surface area contributed by atoms with Crippen LogP contribution in [0.2, 0.25) is 0 Å². The Labute approximate surface area is 186 Å². The maximum absolute atomic E-state index is 12.6. The van der Waals surface area contributed by atoms with Crippen LogP contribution >= 0.6 is 0 Å². The van der Waals surface area contributed by atoms with Gasteiger partial charge in [-0.3, -0.25) is 4.79 Å². The standard InChI is InChI=1S/C25H20N2O4S/c1-18-12-14-22(15-13-18)32(29,30)31-21-9-4-6-19(16-21)17-26-27-25(28)24-11-5-8-20-7-2-3-10-23(20)24/h2-17H,1H3,(H,27,28). The average molecular weight is 445 g/mol. The third-order valence-corrected chi connectivity index (χ3v) is 6.05. The third kappa shape index (κ3) is 4.84. The Morgan fingerprint density at radius 1 is 0.906 bits per heavy atom. The number of fused-ring (bicyclic) bond motifs is 1. The zero-order chi connectivity index (χ0) is 22.6. The second kappa shape index (κ2) is 9.03. The van der Waals surface area contributed by atoms with E-state index in [1.807, 2.05) is 43.3 Å². The number of hydrogen-bond acceptors (Lipinski definition) is 5. The van der Waals surface area contributed by atoms with Gasteiger partial charge in [0, 0.05) is 5.56 Å². The molecule has 160 valence electrons. The first-order valence-corrected chi connectivity index (χ1v) is 11.3. The molecule has 0 spiro atoms. The van der Waals surface area contributed by atoms with Crippen LogP contribution in [-0.4, -0.2) is 20.5 Å². The largest absolute Gasteiger partial charge is 0.379 e. The second-order valence-electron chi connectivity index (χ2n) is 7.15. The number of aryl methyl sites for hydroxylation is 1. The molecule has 0 aliphatic rings. The van der Waals surface area contributed by atoms with Crippen LogP contribution in [-0.2, 0) is 10.1 Å². The van der Waals surface area contributed by atoms with E-state index >= 15 is 0 Å². The molecular formula is C25H20N2O4S. The van der Waals surface area contributed by atoms with Crippen LogP contribution in [0.1, 0.15) is 21.5 Å². The van der Waals surface area contributed by atoms with E-state index in [9.17, 15) is 13.2 Å². The quantitative estimate of drug-likeness (QED) is 0.266. The molecule has 0 saturated carbocycles. The number of amides is 1. The summed E-state index contributed by atoms with van der Waals surface area (Å²) >= 11 is 0. The van der Waals surface area contributed by atoms with Gasteiger partial charge in [0.25, 0.3) is 5.91 Å². The molecule has 32 heavy (non-hydrogen) atoms. The highest BCUT2D eigenvalue weighted by Gasteiger charge is 2.16. The normalized spacial score (nSPS) is 11.5. The van der Waals surface area contributed by atoms with Crippen molar-refractivity contribution in [2.45, 2.75) is 11.8 Å². The van der Waals surface area contributed by atoms with Gasteiger partial charge in [0.05, 0.1) is 6.21 Å². The molecule has 0 saturated heterocycles. The van der Waals surface area contributed by atoms with E-state index in [4.69, 9.17) is 4.18 Å². The van der Waals surface area contributed by atoms with Crippen molar-refractivity contribution < 1.29 is 17.4 Å². The van der Waals surface area contributed by atoms with Gasteiger partial charge in [0.1, 0.15) is 10.6 Å². The number of hydrazone groups is 1. The number of benzene rings is 4. The minimum absolute atomic E-state index is 0.0736. The van der Waals surface area contributed by atoms with E-state index in [0.29, 0.717) is 11.1 Å². The molecule has 6 nitrogen and oxygen atoms in total. The maximum Gasteiger partial charge on any atom is 0.339 e. The summed E-state index contributed by atoms with van der Waals surface area (Å²) in [6.07, 6.45) is 1.42. The van der Waals surface area contributed by atoms with Gasteiger partial charge in [-0.25, -0.2) is 5.43 Å². The Morgan fingerprint density at radius 3 is 2.44 bits per heavy atom. The summed E-state index contributed by atoms with van der Waals surface area (Å²) in [6, 6.07) is 25.9. The van der Waals surface area contributed by atoms with E-state index in [1.54, 1.807) is 30.3 Å². The summed E-state index contributed by atoms with van der Waals surface area (Å²) in [4.78, 5) is 12.6. The summed E-state index contributed by atoms with van der Waals surface area (Å²) in [7, 11) is -3.95. The molecule has 0 bridgehead atoms. The summed E-state index contributed by atoms with van der Waals surface area (Å²) in [6.45, 7) is 1.87. The number of carbonyl (C=O) groups is 1. The summed E-state index contributed by atoms with van der Waals surface area (Å²) in [5, 5.41) is 5.80. The van der Waals surface area contributed by atoms with Gasteiger partial charge in [-0.15, -0.1) is 0 Å². The van der Waals surface area contributed by atoms with Crippen LogP contribution in [0.15, 0.2) is 101 Å². The lowest BCUT2D eigenvalue weighted by Crippen LogP contribution is -2.17. The van der Waals surface area contributed by atoms with Crippen LogP contribution in [0, 0.1) is 6.92 Å². The van der Waals surface area contributed by atoms with E-state index in [0.717, 1.165) is 16.3 Å². The average Bonchev–Trinajstić information content (AvgIpc) is 2.79. The molecule has 4 rings (SSSR count). The predicted octanol–water partition coefficient (Wildman–Crippen LogP) is 4.68. The second-order valence-corrected chi connectivity index (χ2v) is 8.70. The Bertz CT molecular complexity index is 1410. The van der Waals surface area contributed by atoms with Crippen LogP contribution in [0.25, 0.3) is 10.8 Å². The Kier molecular flexibility index (Phi) is 6.00. The minimum atomic E-state index is -3.95. The highest BCUT2D eigenvalue weighted by atomic mass is 32.2. The van der Waals surface area contributed by atoms with Crippen molar-refractivity contribution in [2.75, 3.05) is 0 Å². The highest BCUT2D eigenvalue weighted by Crippen LogP contribution is 2.20. The molecule has 0 heterocycles. The zero-order valence-corrected chi connectivity index (χ0v) is 18.0. The van der Waals surface area contributed by atoms with Gasteiger partial charge in [-0.1, -0.05) is 66.2 Å². The molecule has 7 heteroatoms. The Morgan fingerprint density at radius 2 is 1.62 bits per heavy atom. The smallest absolute Gasteiger partial charge is 0.339 e. The molecule has 0 fully saturated rings. The monoisotopic (exact) mass is 444 g/mol. The molecule has 4 aromatic carbocycles. The maximum atomic E-state index is 12.6. The Balaban J connectivity index is 1.47. The van der Waals surface area contributed by atoms with E-state index in [1.165, 1.54) is 30.5 Å². The van der Waals surface area contributed by atoms with Crippen molar-refractivity contribution in [2.24, 2.45) is 5.10 Å². The van der Waals surface area contributed by atoms with E-state index < -0.39 is 10.1 Å². The molecule has 0 aromatic heterocycles. The van der Waals surface area contributed by atoms with Crippen molar-refractivity contribution in [3.8, 4) is 5.75 Å². The number of nitrogens with one attached hydrogen (secondary N) is 1. The molecule has 1 amide bonds.